The van der Waals surface area contributed by atoms with E-state index in [2.05, 4.69) is 29.9 Å². The molecule has 4 aromatic rings. The summed E-state index contributed by atoms with van der Waals surface area (Å²) in [6.07, 6.45) is -10.3. The number of carbonyl (C=O) groups excluding carboxylic acids is 2. The Balaban J connectivity index is 1.27. The molecule has 30 heteroatoms. The number of aliphatic hydroxyl groups is 1. The Morgan fingerprint density at radius 2 is 1.25 bits per heavy atom. The van der Waals surface area contributed by atoms with E-state index in [0.29, 0.717) is 0 Å². The van der Waals surface area contributed by atoms with Crippen molar-refractivity contribution in [2.45, 2.75) is 84.6 Å². The van der Waals surface area contributed by atoms with E-state index in [1.807, 2.05) is 0 Å². The van der Waals surface area contributed by atoms with Crippen LogP contribution in [0.3, 0.4) is 0 Å². The number of rotatable bonds is 8. The predicted molar refractivity (Wildman–Crippen MR) is 208 cm³/mol. The number of nitrogen functional groups attached to an aromatic ring is 2. The highest BCUT2D eigenvalue weighted by Gasteiger charge is 2.54. The molecule has 7 N–H and O–H groups in total. The number of nitrogens with two attached hydrogens (primary N) is 2. The third-order valence-corrected chi connectivity index (χ3v) is 12.5. The van der Waals surface area contributed by atoms with Crippen molar-refractivity contribution in [3.63, 3.8) is 0 Å². The van der Waals surface area contributed by atoms with Crippen LogP contribution < -0.4 is 22.6 Å². The van der Waals surface area contributed by atoms with Crippen molar-refractivity contribution in [2.24, 2.45) is 16.7 Å². The Labute approximate surface area is 354 Å². The number of esters is 2. The first-order valence-corrected chi connectivity index (χ1v) is 21.9. The van der Waals surface area contributed by atoms with Crippen LogP contribution in [0.1, 0.15) is 54.0 Å². The van der Waals surface area contributed by atoms with Crippen LogP contribution in [0, 0.1) is 16.7 Å². The molecule has 0 saturated carbocycles. The number of hydrogen-bond acceptors (Lipinski definition) is 23. The Hall–Kier alpha value is -4.73. The average molecular weight is 935 g/mol. The predicted octanol–water partition coefficient (Wildman–Crippen LogP) is 1.32. The SMILES string of the molecule is CC(C)(C)C(=O)OCOP1(=O)OCC2C(O)C(COP(=O)(OCOC(=O)C(C)(C)C)OC3C(F)[C@H](n4cnc5c(=O)[nH]c(N)nc54)O[C@@H]3CO1)O[C@H]2n1cnc2c(=O)[nH]c(N)nc21. The van der Waals surface area contributed by atoms with Gasteiger partial charge in [-0.1, -0.05) is 0 Å². The highest BCUT2D eigenvalue weighted by Crippen LogP contribution is 2.57. The molecule has 0 spiro atoms. The second kappa shape index (κ2) is 17.3. The van der Waals surface area contributed by atoms with Crippen molar-refractivity contribution in [2.75, 3.05) is 44.9 Å². The number of alkyl halides is 1. The van der Waals surface area contributed by atoms with Crippen molar-refractivity contribution in [3.8, 4) is 0 Å². The first-order valence-electron chi connectivity index (χ1n) is 19.0. The lowest BCUT2D eigenvalue weighted by atomic mass is 9.98. The number of halogens is 1. The number of fused-ring (bicyclic) bond motifs is 5. The van der Waals surface area contributed by atoms with Gasteiger partial charge in [-0.25, -0.2) is 32.5 Å². The highest BCUT2D eigenvalue weighted by molar-refractivity contribution is 7.48. The minimum atomic E-state index is -5.18. The van der Waals surface area contributed by atoms with Gasteiger partial charge in [0.1, 0.15) is 24.5 Å². The number of aromatic amines is 2. The minimum absolute atomic E-state index is 0.109. The molecule has 7 heterocycles. The van der Waals surface area contributed by atoms with Crippen LogP contribution >= 0.6 is 15.6 Å². The molecule has 2 bridgehead atoms. The molecule has 0 amide bonds. The van der Waals surface area contributed by atoms with Crippen LogP contribution in [0.15, 0.2) is 22.2 Å². The lowest BCUT2D eigenvalue weighted by Crippen LogP contribution is -2.36. The number of hydrogen-bond donors (Lipinski definition) is 5. The van der Waals surface area contributed by atoms with E-state index >= 15 is 4.39 Å². The zero-order valence-electron chi connectivity index (χ0n) is 34.4. The van der Waals surface area contributed by atoms with Gasteiger partial charge in [0.05, 0.1) is 55.3 Å². The van der Waals surface area contributed by atoms with Crippen molar-refractivity contribution in [3.05, 3.63) is 33.4 Å². The standard InChI is InChI=1S/C33H45FN10O17P2/c1-32(2,3)28(48)52-12-57-62(50)54-7-14-20(45)15(59-26(14)43-10-37-18-22(43)39-30(35)41-24(18)46)8-56-63(51,58-13-53-29(49)33(4,5)6)61-21-16(9-55-62)60-27(17(21)34)44-11-38-19-23(44)40-31(36)42-25(19)47/h10-11,14-17,20-21,26-27,45H,7-9,12-13H2,1-6H3,(H3,35,39,41,46)(H3,36,40,42,47)/t14?,15?,16-,17?,20?,21?,26-,27-,62?,63?/m1/s1. The largest absolute Gasteiger partial charge is 0.478 e. The second-order valence-electron chi connectivity index (χ2n) is 16.5. The molecule has 63 heavy (non-hydrogen) atoms. The number of nitrogens with zero attached hydrogens (tertiary/aromatic N) is 6. The summed E-state index contributed by atoms with van der Waals surface area (Å²) in [5, 5.41) is 11.7. The number of ether oxygens (including phenoxy) is 4. The van der Waals surface area contributed by atoms with E-state index in [-0.39, 0.29) is 34.2 Å². The van der Waals surface area contributed by atoms with E-state index in [1.54, 1.807) is 20.8 Å². The van der Waals surface area contributed by atoms with Gasteiger partial charge in [0.25, 0.3) is 11.1 Å². The quantitative estimate of drug-likeness (QED) is 0.0944. The Morgan fingerprint density at radius 1 is 0.794 bits per heavy atom. The molecule has 7 rings (SSSR count). The molecule has 10 atom stereocenters. The van der Waals surface area contributed by atoms with Crippen LogP contribution in [0.2, 0.25) is 0 Å². The molecular formula is C33H45FN10O17P2. The van der Waals surface area contributed by atoms with Crippen molar-refractivity contribution >= 4 is 61.8 Å². The van der Waals surface area contributed by atoms with Crippen LogP contribution in [0.4, 0.5) is 16.3 Å². The van der Waals surface area contributed by atoms with Gasteiger partial charge in [-0.2, -0.15) is 9.97 Å². The van der Waals surface area contributed by atoms with Gasteiger partial charge in [-0.05, 0) is 41.5 Å². The molecule has 3 fully saturated rings. The molecule has 3 saturated heterocycles. The number of carbonyl (C=O) groups is 2. The van der Waals surface area contributed by atoms with Gasteiger partial charge in [0.15, 0.2) is 34.7 Å². The summed E-state index contributed by atoms with van der Waals surface area (Å²) in [5.41, 5.74) is 7.22. The number of aromatic nitrogens is 8. The maximum absolute atomic E-state index is 16.9. The molecule has 3 aliphatic heterocycles. The zero-order chi connectivity index (χ0) is 45.8. The van der Waals surface area contributed by atoms with Gasteiger partial charge < -0.3 is 35.5 Å². The van der Waals surface area contributed by atoms with Crippen LogP contribution in [0.25, 0.3) is 22.3 Å². The summed E-state index contributed by atoms with van der Waals surface area (Å²) in [4.78, 5) is 71.2. The molecule has 0 aromatic carbocycles. The number of anilines is 2. The van der Waals surface area contributed by atoms with Gasteiger partial charge in [-0.3, -0.25) is 56.4 Å². The fraction of sp³-hybridized carbons (Fsp3) is 0.636. The van der Waals surface area contributed by atoms with Crippen molar-refractivity contribution in [1.29, 1.82) is 0 Å². The number of phosphoric acid groups is 2. The minimum Gasteiger partial charge on any atom is -0.437 e. The summed E-state index contributed by atoms with van der Waals surface area (Å²) in [6, 6.07) is 0. The molecule has 346 valence electrons. The molecule has 3 aliphatic rings. The van der Waals surface area contributed by atoms with Gasteiger partial charge >= 0.3 is 27.6 Å². The maximum atomic E-state index is 16.9. The number of H-pyrrole nitrogens is 2. The van der Waals surface area contributed by atoms with E-state index in [9.17, 15) is 33.4 Å². The van der Waals surface area contributed by atoms with E-state index < -0.39 is 132 Å². The Bertz CT molecular complexity index is 2590. The van der Waals surface area contributed by atoms with Crippen LogP contribution in [-0.4, -0.2) is 120 Å². The van der Waals surface area contributed by atoms with Crippen LogP contribution in [0.5, 0.6) is 0 Å². The van der Waals surface area contributed by atoms with Gasteiger partial charge in [0.2, 0.25) is 25.5 Å². The number of imidazole rings is 2. The topological polar surface area (TPSA) is 360 Å². The number of nitrogens with one attached hydrogen (secondary N) is 2. The Kier molecular flexibility index (Phi) is 12.7. The third-order valence-electron chi connectivity index (χ3n) is 9.71. The van der Waals surface area contributed by atoms with E-state index in [0.717, 1.165) is 17.2 Å². The second-order valence-corrected chi connectivity index (χ2v) is 19.8. The lowest BCUT2D eigenvalue weighted by molar-refractivity contribution is -0.161. The van der Waals surface area contributed by atoms with E-state index in [1.165, 1.54) is 25.3 Å². The lowest BCUT2D eigenvalue weighted by Gasteiger charge is -2.28. The monoisotopic (exact) mass is 934 g/mol. The third kappa shape index (κ3) is 9.70. The summed E-state index contributed by atoms with van der Waals surface area (Å²) in [5.74, 6) is -3.51. The fourth-order valence-electron chi connectivity index (χ4n) is 6.42. The molecule has 7 unspecified atom stereocenters. The molecular weight excluding hydrogens is 889 g/mol. The average Bonchev–Trinajstić information content (AvgIpc) is 3.95. The summed E-state index contributed by atoms with van der Waals surface area (Å²) >= 11 is 0. The van der Waals surface area contributed by atoms with E-state index in [4.69, 9.17) is 57.6 Å². The first-order chi connectivity index (χ1) is 29.5. The summed E-state index contributed by atoms with van der Waals surface area (Å²) < 4.78 is 104. The smallest absolute Gasteiger partial charge is 0.437 e. The van der Waals surface area contributed by atoms with Gasteiger partial charge in [0, 0.05) is 0 Å². The summed E-state index contributed by atoms with van der Waals surface area (Å²) in [7, 11) is -10.2. The Morgan fingerprint density at radius 3 is 1.79 bits per heavy atom. The van der Waals surface area contributed by atoms with Crippen molar-refractivity contribution in [1.82, 2.24) is 39.0 Å². The molecule has 0 aliphatic carbocycles. The molecule has 27 nitrogen and oxygen atoms in total. The number of phosphoric ester groups is 2. The first kappa shape index (κ1) is 46.3. The number of aliphatic hydroxyl groups excluding tert-OH is 1. The fourth-order valence-corrected chi connectivity index (χ4v) is 8.77. The van der Waals surface area contributed by atoms with Gasteiger partial charge in [-0.15, -0.1) is 0 Å². The molecule has 0 radical (unpaired) electrons. The summed E-state index contributed by atoms with van der Waals surface area (Å²) in [6.45, 7) is 4.66. The maximum Gasteiger partial charge on any atom is 0.478 e. The normalized spacial score (nSPS) is 30.9. The van der Waals surface area contributed by atoms with Crippen molar-refractivity contribution < 1.29 is 74.3 Å². The van der Waals surface area contributed by atoms with Crippen LogP contribution in [-0.2, 0) is 64.8 Å². The molecule has 4 aromatic heterocycles. The zero-order valence-corrected chi connectivity index (χ0v) is 36.2. The highest BCUT2D eigenvalue weighted by atomic mass is 31.2.